The molecule has 0 aromatic carbocycles. The molecule has 0 aliphatic rings. The van der Waals surface area contributed by atoms with Gasteiger partial charge in [-0.1, -0.05) is 0 Å². The molecule has 0 aliphatic heterocycles. The lowest BCUT2D eigenvalue weighted by Crippen LogP contribution is -1.92. The molecule has 0 bridgehead atoms. The van der Waals surface area contributed by atoms with E-state index in [1.165, 1.54) is 4.80 Å². The van der Waals surface area contributed by atoms with E-state index in [0.717, 1.165) is 11.2 Å². The maximum Gasteiger partial charge on any atom is 0.206 e. The molecule has 6 nitrogen and oxygen atoms in total. The normalized spacial score (nSPS) is 11.0. The first kappa shape index (κ1) is 8.10. The number of pyridine rings is 1. The van der Waals surface area contributed by atoms with Crippen LogP contribution in [0.5, 0.6) is 0 Å². The summed E-state index contributed by atoms with van der Waals surface area (Å²) in [6.45, 7) is 0. The fourth-order valence-corrected chi connectivity index (χ4v) is 1.45. The summed E-state index contributed by atoms with van der Waals surface area (Å²) in [6.07, 6.45) is 5.57. The molecule has 6 heteroatoms. The van der Waals surface area contributed by atoms with Crippen LogP contribution in [0.25, 0.3) is 17.0 Å². The first-order valence-corrected chi connectivity index (χ1v) is 4.50. The molecular weight excluding hydrogens is 192 g/mol. The Bertz CT molecular complexity index is 608. The minimum absolute atomic E-state index is 0.619. The van der Waals surface area contributed by atoms with E-state index in [2.05, 4.69) is 20.4 Å². The Kier molecular flexibility index (Phi) is 1.55. The number of tetrazole rings is 1. The van der Waals surface area contributed by atoms with E-state index in [1.807, 2.05) is 28.9 Å². The molecule has 0 fully saturated rings. The zero-order valence-corrected chi connectivity index (χ0v) is 8.07. The first-order valence-electron chi connectivity index (χ1n) is 4.50. The molecule has 0 radical (unpaired) electrons. The molecule has 0 saturated carbocycles. The number of fused-ring (bicyclic) bond motifs is 1. The van der Waals surface area contributed by atoms with Crippen LogP contribution < -0.4 is 0 Å². The lowest BCUT2D eigenvalue weighted by Gasteiger charge is -1.96. The fraction of sp³-hybridized carbons (Fsp3) is 0.111. The highest BCUT2D eigenvalue weighted by Crippen LogP contribution is 2.13. The Morgan fingerprint density at radius 3 is 3.00 bits per heavy atom. The second kappa shape index (κ2) is 2.88. The number of aryl methyl sites for hydroxylation is 1. The molecule has 0 aliphatic carbocycles. The molecule has 15 heavy (non-hydrogen) atoms. The minimum atomic E-state index is 0.619. The molecule has 3 heterocycles. The van der Waals surface area contributed by atoms with Gasteiger partial charge in [0.2, 0.25) is 5.82 Å². The standard InChI is InChI=1S/C9H8N6/c1-14-12-9(11-13-14)7-2-3-8-10-4-5-15(8)6-7/h2-6H,1H3. The summed E-state index contributed by atoms with van der Waals surface area (Å²) in [4.78, 5) is 5.60. The van der Waals surface area contributed by atoms with Crippen LogP contribution in [-0.4, -0.2) is 29.6 Å². The number of nitrogens with zero attached hydrogens (tertiary/aromatic N) is 6. The average molecular weight is 200 g/mol. The first-order chi connectivity index (χ1) is 7.33. The average Bonchev–Trinajstić information content (AvgIpc) is 2.84. The molecule has 3 aromatic rings. The highest BCUT2D eigenvalue weighted by atomic mass is 15.6. The predicted octanol–water partition coefficient (Wildman–Crippen LogP) is 0.525. The topological polar surface area (TPSA) is 60.9 Å². The number of imidazole rings is 1. The molecular formula is C9H8N6. The molecule has 74 valence electrons. The minimum Gasteiger partial charge on any atom is -0.306 e. The van der Waals surface area contributed by atoms with Gasteiger partial charge in [0.15, 0.2) is 0 Å². The van der Waals surface area contributed by atoms with Gasteiger partial charge in [0.1, 0.15) is 5.65 Å². The van der Waals surface area contributed by atoms with Crippen LogP contribution in [0.2, 0.25) is 0 Å². The molecule has 0 spiro atoms. The van der Waals surface area contributed by atoms with Crippen LogP contribution in [0, 0.1) is 0 Å². The largest absolute Gasteiger partial charge is 0.306 e. The van der Waals surface area contributed by atoms with E-state index in [1.54, 1.807) is 13.2 Å². The van der Waals surface area contributed by atoms with E-state index < -0.39 is 0 Å². The van der Waals surface area contributed by atoms with Gasteiger partial charge in [-0.15, -0.1) is 10.2 Å². The number of hydrogen-bond donors (Lipinski definition) is 0. The van der Waals surface area contributed by atoms with Gasteiger partial charge >= 0.3 is 0 Å². The number of hydrogen-bond acceptors (Lipinski definition) is 4. The van der Waals surface area contributed by atoms with E-state index in [0.29, 0.717) is 5.82 Å². The summed E-state index contributed by atoms with van der Waals surface area (Å²) in [5, 5.41) is 11.9. The molecule has 0 unspecified atom stereocenters. The quantitative estimate of drug-likeness (QED) is 0.574. The van der Waals surface area contributed by atoms with Gasteiger partial charge in [0.25, 0.3) is 0 Å². The van der Waals surface area contributed by atoms with Crippen molar-refractivity contribution in [3.8, 4) is 11.4 Å². The molecule has 0 saturated heterocycles. The zero-order valence-electron chi connectivity index (χ0n) is 8.07. The molecule has 3 rings (SSSR count). The zero-order chi connectivity index (χ0) is 10.3. The van der Waals surface area contributed by atoms with Crippen LogP contribution in [0.3, 0.4) is 0 Å². The van der Waals surface area contributed by atoms with Crippen molar-refractivity contribution in [2.75, 3.05) is 0 Å². The molecule has 3 aromatic heterocycles. The lowest BCUT2D eigenvalue weighted by atomic mass is 10.3. The highest BCUT2D eigenvalue weighted by Gasteiger charge is 2.04. The third-order valence-corrected chi connectivity index (χ3v) is 2.16. The summed E-state index contributed by atoms with van der Waals surface area (Å²) in [5.41, 5.74) is 1.83. The Balaban J connectivity index is 2.18. The second-order valence-corrected chi connectivity index (χ2v) is 3.21. The summed E-state index contributed by atoms with van der Waals surface area (Å²) in [6, 6.07) is 3.85. The van der Waals surface area contributed by atoms with E-state index in [4.69, 9.17) is 0 Å². The maximum absolute atomic E-state index is 4.16. The molecule has 0 atom stereocenters. The van der Waals surface area contributed by atoms with Gasteiger partial charge in [-0.3, -0.25) is 0 Å². The van der Waals surface area contributed by atoms with Gasteiger partial charge in [0.05, 0.1) is 7.05 Å². The van der Waals surface area contributed by atoms with Gasteiger partial charge in [-0.05, 0) is 17.3 Å². The smallest absolute Gasteiger partial charge is 0.206 e. The number of rotatable bonds is 1. The van der Waals surface area contributed by atoms with E-state index >= 15 is 0 Å². The van der Waals surface area contributed by atoms with Crippen molar-refractivity contribution < 1.29 is 0 Å². The van der Waals surface area contributed by atoms with Crippen LogP contribution in [0.4, 0.5) is 0 Å². The van der Waals surface area contributed by atoms with Crippen molar-refractivity contribution in [3.05, 3.63) is 30.7 Å². The van der Waals surface area contributed by atoms with Crippen LogP contribution in [0.1, 0.15) is 0 Å². The van der Waals surface area contributed by atoms with Crippen molar-refractivity contribution >= 4 is 5.65 Å². The maximum atomic E-state index is 4.16. The van der Waals surface area contributed by atoms with Crippen LogP contribution in [-0.2, 0) is 7.05 Å². The highest BCUT2D eigenvalue weighted by molar-refractivity contribution is 5.56. The van der Waals surface area contributed by atoms with Gasteiger partial charge in [0, 0.05) is 24.2 Å². The molecule has 0 N–H and O–H groups in total. The van der Waals surface area contributed by atoms with Crippen molar-refractivity contribution in [1.29, 1.82) is 0 Å². The van der Waals surface area contributed by atoms with Gasteiger partial charge in [-0.25, -0.2) is 4.98 Å². The van der Waals surface area contributed by atoms with Crippen molar-refractivity contribution in [2.24, 2.45) is 7.05 Å². The second-order valence-electron chi connectivity index (χ2n) is 3.21. The van der Waals surface area contributed by atoms with E-state index in [-0.39, 0.29) is 0 Å². The van der Waals surface area contributed by atoms with Crippen LogP contribution in [0.15, 0.2) is 30.7 Å². The lowest BCUT2D eigenvalue weighted by molar-refractivity contribution is 0.630. The third kappa shape index (κ3) is 1.26. The predicted molar refractivity (Wildman–Crippen MR) is 53.0 cm³/mol. The fourth-order valence-electron chi connectivity index (χ4n) is 1.45. The van der Waals surface area contributed by atoms with Crippen molar-refractivity contribution in [3.63, 3.8) is 0 Å². The van der Waals surface area contributed by atoms with Crippen LogP contribution >= 0.6 is 0 Å². The summed E-state index contributed by atoms with van der Waals surface area (Å²) in [7, 11) is 1.74. The Morgan fingerprint density at radius 2 is 2.20 bits per heavy atom. The Morgan fingerprint density at radius 1 is 1.27 bits per heavy atom. The van der Waals surface area contributed by atoms with Crippen molar-refractivity contribution in [2.45, 2.75) is 0 Å². The summed E-state index contributed by atoms with van der Waals surface area (Å²) >= 11 is 0. The van der Waals surface area contributed by atoms with E-state index in [9.17, 15) is 0 Å². The molecule has 0 amide bonds. The summed E-state index contributed by atoms with van der Waals surface area (Å²) < 4.78 is 1.92. The van der Waals surface area contributed by atoms with Crippen molar-refractivity contribution in [1.82, 2.24) is 29.6 Å². The summed E-state index contributed by atoms with van der Waals surface area (Å²) in [5.74, 6) is 0.619. The number of aromatic nitrogens is 6. The van der Waals surface area contributed by atoms with Gasteiger partial charge in [-0.2, -0.15) is 4.80 Å². The van der Waals surface area contributed by atoms with Gasteiger partial charge < -0.3 is 4.40 Å². The monoisotopic (exact) mass is 200 g/mol. The Labute approximate surface area is 85.2 Å². The SMILES string of the molecule is Cn1nnc(-c2ccc3nccn3c2)n1. The Hall–Kier alpha value is -2.24. The third-order valence-electron chi connectivity index (χ3n) is 2.16.